The molecule has 2 aromatic rings. The highest BCUT2D eigenvalue weighted by molar-refractivity contribution is 7.89. The van der Waals surface area contributed by atoms with Crippen molar-refractivity contribution in [2.75, 3.05) is 19.8 Å². The van der Waals surface area contributed by atoms with Gasteiger partial charge in [0.15, 0.2) is 0 Å². The van der Waals surface area contributed by atoms with Gasteiger partial charge in [-0.1, -0.05) is 23.7 Å². The molecule has 0 bridgehead atoms. The predicted octanol–water partition coefficient (Wildman–Crippen LogP) is 2.68. The Kier molecular flexibility index (Phi) is 5.86. The number of carbonyl (C=O) groups excluding carboxylic acids is 1. The van der Waals surface area contributed by atoms with Gasteiger partial charge in [-0.2, -0.15) is 0 Å². The van der Waals surface area contributed by atoms with Crippen LogP contribution in [0.2, 0.25) is 5.02 Å². The van der Waals surface area contributed by atoms with E-state index in [4.69, 9.17) is 25.9 Å². The van der Waals surface area contributed by atoms with Crippen molar-refractivity contribution in [2.24, 2.45) is 5.14 Å². The molecule has 1 saturated heterocycles. The summed E-state index contributed by atoms with van der Waals surface area (Å²) >= 11 is 6.17. The molecule has 1 aliphatic heterocycles. The maximum atomic E-state index is 12.9. The Morgan fingerprint density at radius 3 is 2.54 bits per heavy atom. The van der Waals surface area contributed by atoms with Gasteiger partial charge in [-0.05, 0) is 44.4 Å². The highest BCUT2D eigenvalue weighted by atomic mass is 35.5. The number of primary sulfonamides is 1. The van der Waals surface area contributed by atoms with E-state index in [1.165, 1.54) is 13.8 Å². The molecule has 0 spiro atoms. The Hall–Kier alpha value is -1.87. The van der Waals surface area contributed by atoms with Gasteiger partial charge in [0.2, 0.25) is 10.0 Å². The fourth-order valence-corrected chi connectivity index (χ4v) is 4.91. The third-order valence-electron chi connectivity index (χ3n) is 5.19. The van der Waals surface area contributed by atoms with Crippen molar-refractivity contribution < 1.29 is 22.4 Å². The Morgan fingerprint density at radius 1 is 1.25 bits per heavy atom. The second-order valence-electron chi connectivity index (χ2n) is 7.05. The van der Waals surface area contributed by atoms with E-state index in [-0.39, 0.29) is 27.4 Å². The maximum Gasteiger partial charge on any atom is 0.256 e. The molecule has 1 aromatic heterocycles. The molecule has 3 N–H and O–H groups in total. The zero-order valence-corrected chi connectivity index (χ0v) is 17.3. The van der Waals surface area contributed by atoms with Gasteiger partial charge in [0.05, 0.1) is 0 Å². The van der Waals surface area contributed by atoms with Gasteiger partial charge in [0, 0.05) is 30.2 Å². The normalized spacial score (nSPS) is 16.7. The van der Waals surface area contributed by atoms with Crippen molar-refractivity contribution >= 4 is 27.5 Å². The molecule has 0 saturated carbocycles. The molecule has 0 radical (unpaired) electrons. The highest BCUT2D eigenvalue weighted by Gasteiger charge is 2.36. The number of amides is 1. The molecule has 1 aliphatic rings. The molecule has 28 heavy (non-hydrogen) atoms. The number of carbonyl (C=O) groups is 1. The maximum absolute atomic E-state index is 12.9. The van der Waals surface area contributed by atoms with Gasteiger partial charge < -0.3 is 14.5 Å². The summed E-state index contributed by atoms with van der Waals surface area (Å²) in [4.78, 5) is 12.6. The lowest BCUT2D eigenvalue weighted by Crippen LogP contribution is -2.44. The summed E-state index contributed by atoms with van der Waals surface area (Å²) in [5.74, 6) is -0.227. The van der Waals surface area contributed by atoms with Crippen LogP contribution in [0, 0.1) is 13.8 Å². The molecule has 0 aliphatic carbocycles. The number of nitrogens with one attached hydrogen (secondary N) is 1. The summed E-state index contributed by atoms with van der Waals surface area (Å²) in [7, 11) is -4.10. The van der Waals surface area contributed by atoms with Gasteiger partial charge in [-0.3, -0.25) is 4.79 Å². The fourth-order valence-electron chi connectivity index (χ4n) is 3.75. The number of aryl methyl sites for hydroxylation is 2. The van der Waals surface area contributed by atoms with E-state index in [1.807, 2.05) is 18.2 Å². The number of sulfonamides is 1. The first kappa shape index (κ1) is 20.9. The van der Waals surface area contributed by atoms with Gasteiger partial charge in [0.25, 0.3) is 5.91 Å². The minimum atomic E-state index is -4.10. The van der Waals surface area contributed by atoms with E-state index < -0.39 is 15.9 Å². The quantitative estimate of drug-likeness (QED) is 0.763. The summed E-state index contributed by atoms with van der Waals surface area (Å²) in [6.07, 6.45) is 1.41. The van der Waals surface area contributed by atoms with Crippen LogP contribution >= 0.6 is 11.6 Å². The largest absolute Gasteiger partial charge is 0.464 e. The van der Waals surface area contributed by atoms with Crippen LogP contribution in [0.3, 0.4) is 0 Å². The number of rotatable bonds is 5. The lowest BCUT2D eigenvalue weighted by atomic mass is 9.74. The number of ether oxygens (including phenoxy) is 1. The first-order valence-corrected chi connectivity index (χ1v) is 10.8. The smallest absolute Gasteiger partial charge is 0.256 e. The number of halogens is 1. The average Bonchev–Trinajstić information content (AvgIpc) is 2.95. The Balaban J connectivity index is 1.90. The summed E-state index contributed by atoms with van der Waals surface area (Å²) in [5, 5.41) is 8.78. The molecule has 2 heterocycles. The van der Waals surface area contributed by atoms with Crippen LogP contribution in [0.15, 0.2) is 33.6 Å². The van der Waals surface area contributed by atoms with Crippen LogP contribution in [0.1, 0.15) is 40.3 Å². The molecule has 1 fully saturated rings. The van der Waals surface area contributed by atoms with E-state index in [0.29, 0.717) is 37.6 Å². The van der Waals surface area contributed by atoms with E-state index >= 15 is 0 Å². The van der Waals surface area contributed by atoms with Crippen LogP contribution in [0.5, 0.6) is 0 Å². The zero-order valence-electron chi connectivity index (χ0n) is 15.7. The third-order valence-corrected chi connectivity index (χ3v) is 6.49. The van der Waals surface area contributed by atoms with Crippen molar-refractivity contribution in [1.82, 2.24) is 5.32 Å². The van der Waals surface area contributed by atoms with E-state index in [9.17, 15) is 13.2 Å². The van der Waals surface area contributed by atoms with Crippen LogP contribution in [0.25, 0.3) is 0 Å². The molecule has 0 unspecified atom stereocenters. The number of hydrogen-bond donors (Lipinski definition) is 2. The highest BCUT2D eigenvalue weighted by Crippen LogP contribution is 2.36. The molecule has 3 rings (SSSR count). The summed E-state index contributed by atoms with van der Waals surface area (Å²) in [6.45, 7) is 4.44. The number of furan rings is 1. The first-order valence-electron chi connectivity index (χ1n) is 8.89. The Morgan fingerprint density at radius 2 is 1.93 bits per heavy atom. The molecule has 0 atom stereocenters. The number of nitrogens with two attached hydrogens (primary N) is 1. The van der Waals surface area contributed by atoms with Crippen molar-refractivity contribution in [3.63, 3.8) is 0 Å². The van der Waals surface area contributed by atoms with Crippen LogP contribution in [-0.4, -0.2) is 34.1 Å². The van der Waals surface area contributed by atoms with E-state index in [0.717, 1.165) is 5.56 Å². The molecular weight excluding hydrogens is 404 g/mol. The second-order valence-corrected chi connectivity index (χ2v) is 8.98. The molecule has 1 aromatic carbocycles. The van der Waals surface area contributed by atoms with Gasteiger partial charge in [-0.15, -0.1) is 0 Å². The van der Waals surface area contributed by atoms with Crippen LogP contribution < -0.4 is 10.5 Å². The number of benzene rings is 1. The SMILES string of the molecule is Cc1oc(C)c(S(N)(=O)=O)c1C(=O)NCC1(c2cccc(Cl)c2)CCOCC1. The summed E-state index contributed by atoms with van der Waals surface area (Å²) < 4.78 is 34.7. The van der Waals surface area contributed by atoms with Crippen molar-refractivity contribution in [2.45, 2.75) is 37.0 Å². The zero-order chi connectivity index (χ0) is 20.5. The summed E-state index contributed by atoms with van der Waals surface area (Å²) in [6, 6.07) is 7.54. The molecule has 1 amide bonds. The molecule has 9 heteroatoms. The van der Waals surface area contributed by atoms with Crippen LogP contribution in [-0.2, 0) is 20.2 Å². The monoisotopic (exact) mass is 426 g/mol. The summed E-state index contributed by atoms with van der Waals surface area (Å²) in [5.41, 5.74) is 0.608. The Labute approximate surface area is 169 Å². The average molecular weight is 427 g/mol. The minimum absolute atomic E-state index is 0.0479. The molecule has 7 nitrogen and oxygen atoms in total. The fraction of sp³-hybridized carbons (Fsp3) is 0.421. The van der Waals surface area contributed by atoms with E-state index in [1.54, 1.807) is 6.07 Å². The lowest BCUT2D eigenvalue weighted by molar-refractivity contribution is 0.0487. The van der Waals surface area contributed by atoms with Crippen molar-refractivity contribution in [3.8, 4) is 0 Å². The predicted molar refractivity (Wildman–Crippen MR) is 105 cm³/mol. The standard InChI is InChI=1S/C19H23ClN2O5S/c1-12-16(17(13(2)27-12)28(21,24)25)18(23)22-11-19(6-8-26-9-7-19)14-4-3-5-15(20)10-14/h3-5,10H,6-9,11H2,1-2H3,(H,22,23)(H2,21,24,25). The lowest BCUT2D eigenvalue weighted by Gasteiger charge is -2.38. The van der Waals surface area contributed by atoms with Crippen LogP contribution in [0.4, 0.5) is 0 Å². The first-order chi connectivity index (χ1) is 13.1. The second kappa shape index (κ2) is 7.87. The van der Waals surface area contributed by atoms with Gasteiger partial charge in [0.1, 0.15) is 22.0 Å². The number of hydrogen-bond acceptors (Lipinski definition) is 5. The van der Waals surface area contributed by atoms with Gasteiger partial charge >= 0.3 is 0 Å². The topological polar surface area (TPSA) is 112 Å². The minimum Gasteiger partial charge on any atom is -0.464 e. The van der Waals surface area contributed by atoms with Crippen molar-refractivity contribution in [1.29, 1.82) is 0 Å². The van der Waals surface area contributed by atoms with Crippen molar-refractivity contribution in [3.05, 3.63) is 51.9 Å². The Bertz CT molecular complexity index is 994. The third kappa shape index (κ3) is 4.10. The molecule has 152 valence electrons. The van der Waals surface area contributed by atoms with Gasteiger partial charge in [-0.25, -0.2) is 13.6 Å². The molecular formula is C19H23ClN2O5S. The van der Waals surface area contributed by atoms with E-state index in [2.05, 4.69) is 5.32 Å².